The summed E-state index contributed by atoms with van der Waals surface area (Å²) in [6.07, 6.45) is 28.9. The van der Waals surface area contributed by atoms with Gasteiger partial charge in [-0.05, 0) is 10.9 Å². The summed E-state index contributed by atoms with van der Waals surface area (Å²) in [5.74, 6) is 0. The fourth-order valence-electron chi connectivity index (χ4n) is 3.59. The molecule has 152 valence electrons. The molecule has 0 atom stereocenters. The molecule has 0 fully saturated rings. The maximum absolute atomic E-state index is 11.4. The van der Waals surface area contributed by atoms with E-state index in [1.165, 1.54) is 122 Å². The van der Waals surface area contributed by atoms with Gasteiger partial charge in [0.25, 0.3) is 0 Å². The summed E-state index contributed by atoms with van der Waals surface area (Å²) in [5.41, 5.74) is 0. The Balaban J connectivity index is 2.94. The fourth-order valence-corrected chi connectivity index (χ4v) is 3.59. The van der Waals surface area contributed by atoms with Gasteiger partial charge >= 0.3 is 0 Å². The van der Waals surface area contributed by atoms with E-state index in [-0.39, 0.29) is 6.61 Å². The molecule has 0 radical (unpaired) electrons. The summed E-state index contributed by atoms with van der Waals surface area (Å²) in [6.45, 7) is 2.57. The summed E-state index contributed by atoms with van der Waals surface area (Å²) >= 11 is 0. The van der Waals surface area contributed by atoms with Gasteiger partial charge in [0.15, 0.2) is 0 Å². The maximum atomic E-state index is 11.4. The van der Waals surface area contributed by atoms with Crippen molar-refractivity contribution in [3.8, 4) is 0 Å². The summed E-state index contributed by atoms with van der Waals surface area (Å²) in [5, 5.41) is 0. The van der Waals surface area contributed by atoms with Crippen LogP contribution >= 0.6 is 0 Å². The van der Waals surface area contributed by atoms with E-state index in [9.17, 15) is 4.53 Å². The molecule has 0 heterocycles. The summed E-state index contributed by atoms with van der Waals surface area (Å²) < 4.78 is 11.4. The van der Waals surface area contributed by atoms with E-state index in [0.717, 1.165) is 12.8 Å². The van der Waals surface area contributed by atoms with Crippen LogP contribution in [0, 0.1) is 0 Å². The van der Waals surface area contributed by atoms with Crippen LogP contribution in [0.15, 0.2) is 0 Å². The van der Waals surface area contributed by atoms with Gasteiger partial charge in [-0.3, -0.25) is 0 Å². The molecule has 0 N–H and O–H groups in total. The van der Waals surface area contributed by atoms with Gasteiger partial charge in [0, 0.05) is 0 Å². The molecule has 0 aliphatic rings. The van der Waals surface area contributed by atoms with Gasteiger partial charge in [0.2, 0.25) is 0 Å². The first-order valence-electron chi connectivity index (χ1n) is 11.7. The highest BCUT2D eigenvalue weighted by Crippen LogP contribution is 2.15. The van der Waals surface area contributed by atoms with E-state index >= 15 is 0 Å². The molecule has 0 rings (SSSR count). The maximum Gasteiger partial charge on any atom is 0.0876 e. The standard InChI is InChI=1S/C23H47FO/c1-2-3-4-5-6-7-8-9-10-11-12-13-14-15-16-17-18-19-20-21-22-23-25-24/h2-23H2,1H3. The van der Waals surface area contributed by atoms with Crippen molar-refractivity contribution >= 4 is 0 Å². The zero-order valence-corrected chi connectivity index (χ0v) is 17.3. The Bertz CT molecular complexity index is 198. The minimum atomic E-state index is 0.277. The van der Waals surface area contributed by atoms with Crippen molar-refractivity contribution in [3.63, 3.8) is 0 Å². The van der Waals surface area contributed by atoms with Gasteiger partial charge in [-0.1, -0.05) is 135 Å². The molecular formula is C23H47FO. The Hall–Kier alpha value is -0.110. The molecule has 0 aromatic rings. The predicted octanol–water partition coefficient (Wildman–Crippen LogP) is 9.10. The van der Waals surface area contributed by atoms with Crippen molar-refractivity contribution in [1.82, 2.24) is 0 Å². The molecule has 0 aliphatic heterocycles. The topological polar surface area (TPSA) is 9.23 Å². The molecule has 0 saturated carbocycles. The van der Waals surface area contributed by atoms with Crippen LogP contribution in [0.25, 0.3) is 0 Å². The number of unbranched alkanes of at least 4 members (excludes halogenated alkanes) is 20. The molecule has 0 unspecified atom stereocenters. The zero-order valence-electron chi connectivity index (χ0n) is 17.3. The van der Waals surface area contributed by atoms with Crippen molar-refractivity contribution in [2.45, 2.75) is 142 Å². The van der Waals surface area contributed by atoms with Crippen LogP contribution in [0.2, 0.25) is 0 Å². The minimum absolute atomic E-state index is 0.277. The minimum Gasteiger partial charge on any atom is -0.194 e. The van der Waals surface area contributed by atoms with Crippen molar-refractivity contribution in [2.24, 2.45) is 0 Å². The Kier molecular flexibility index (Phi) is 23.8. The number of rotatable bonds is 22. The summed E-state index contributed by atoms with van der Waals surface area (Å²) in [6, 6.07) is 0. The monoisotopic (exact) mass is 358 g/mol. The first-order valence-corrected chi connectivity index (χ1v) is 11.7. The van der Waals surface area contributed by atoms with Crippen LogP contribution in [0.1, 0.15) is 142 Å². The van der Waals surface area contributed by atoms with E-state index in [0.29, 0.717) is 0 Å². The number of halogens is 1. The van der Waals surface area contributed by atoms with Gasteiger partial charge < -0.3 is 0 Å². The van der Waals surface area contributed by atoms with Crippen LogP contribution in [0.4, 0.5) is 4.53 Å². The normalized spacial score (nSPS) is 11.3. The fraction of sp³-hybridized carbons (Fsp3) is 1.00. The lowest BCUT2D eigenvalue weighted by molar-refractivity contribution is -0.133. The molecule has 0 aromatic heterocycles. The predicted molar refractivity (Wildman–Crippen MR) is 110 cm³/mol. The molecular weight excluding hydrogens is 311 g/mol. The zero-order chi connectivity index (χ0) is 18.3. The van der Waals surface area contributed by atoms with Gasteiger partial charge in [-0.25, -0.2) is 0 Å². The van der Waals surface area contributed by atoms with Gasteiger partial charge in [-0.15, -0.1) is 0 Å². The van der Waals surface area contributed by atoms with E-state index in [4.69, 9.17) is 0 Å². The second-order valence-electron chi connectivity index (χ2n) is 7.88. The smallest absolute Gasteiger partial charge is 0.0876 e. The Morgan fingerprint density at radius 1 is 0.400 bits per heavy atom. The Labute approximate surface area is 158 Å². The van der Waals surface area contributed by atoms with Crippen LogP contribution in [-0.4, -0.2) is 6.61 Å². The van der Waals surface area contributed by atoms with Crippen LogP contribution < -0.4 is 0 Å². The largest absolute Gasteiger partial charge is 0.194 e. The summed E-state index contributed by atoms with van der Waals surface area (Å²) in [7, 11) is 0. The highest BCUT2D eigenvalue weighted by atomic mass is 19.3. The lowest BCUT2D eigenvalue weighted by Gasteiger charge is -2.04. The van der Waals surface area contributed by atoms with Gasteiger partial charge in [0.05, 0.1) is 6.61 Å². The van der Waals surface area contributed by atoms with E-state index < -0.39 is 0 Å². The van der Waals surface area contributed by atoms with E-state index in [1.54, 1.807) is 0 Å². The third-order valence-corrected chi connectivity index (χ3v) is 5.33. The second-order valence-corrected chi connectivity index (χ2v) is 7.88. The van der Waals surface area contributed by atoms with Gasteiger partial charge in [0.1, 0.15) is 0 Å². The SMILES string of the molecule is CCCCCCCCCCCCCCCCCCCCCCCOF. The molecule has 1 nitrogen and oxygen atoms in total. The molecule has 0 saturated heterocycles. The van der Waals surface area contributed by atoms with Crippen LogP contribution in [0.3, 0.4) is 0 Å². The average molecular weight is 359 g/mol. The Morgan fingerprint density at radius 3 is 0.880 bits per heavy atom. The average Bonchev–Trinajstić information content (AvgIpc) is 2.63. The van der Waals surface area contributed by atoms with Crippen molar-refractivity contribution < 1.29 is 9.47 Å². The van der Waals surface area contributed by atoms with Crippen LogP contribution in [0.5, 0.6) is 0 Å². The Morgan fingerprint density at radius 2 is 0.640 bits per heavy atom. The third kappa shape index (κ3) is 23.9. The quantitative estimate of drug-likeness (QED) is 0.175. The molecule has 0 spiro atoms. The van der Waals surface area contributed by atoms with E-state index in [2.05, 4.69) is 11.9 Å². The molecule has 2 heteroatoms. The summed E-state index contributed by atoms with van der Waals surface area (Å²) in [4.78, 5) is 3.58. The van der Waals surface area contributed by atoms with E-state index in [1.807, 2.05) is 0 Å². The van der Waals surface area contributed by atoms with Crippen molar-refractivity contribution in [3.05, 3.63) is 0 Å². The van der Waals surface area contributed by atoms with Crippen molar-refractivity contribution in [2.75, 3.05) is 6.61 Å². The third-order valence-electron chi connectivity index (χ3n) is 5.33. The molecule has 0 aromatic carbocycles. The van der Waals surface area contributed by atoms with Gasteiger partial charge in [-0.2, -0.15) is 4.94 Å². The highest BCUT2D eigenvalue weighted by molar-refractivity contribution is 4.51. The molecule has 25 heavy (non-hydrogen) atoms. The first kappa shape index (κ1) is 24.9. The number of hydrogen-bond donors (Lipinski definition) is 0. The highest BCUT2D eigenvalue weighted by Gasteiger charge is 1.95. The van der Waals surface area contributed by atoms with Crippen molar-refractivity contribution in [1.29, 1.82) is 0 Å². The molecule has 0 bridgehead atoms. The number of hydrogen-bond acceptors (Lipinski definition) is 1. The lowest BCUT2D eigenvalue weighted by Crippen LogP contribution is -1.86. The lowest BCUT2D eigenvalue weighted by atomic mass is 10.0. The molecule has 0 amide bonds. The second kappa shape index (κ2) is 23.9. The van der Waals surface area contributed by atoms with Crippen LogP contribution in [-0.2, 0) is 4.94 Å². The molecule has 0 aliphatic carbocycles. The first-order chi connectivity index (χ1) is 12.4.